The van der Waals surface area contributed by atoms with Crippen molar-refractivity contribution in [3.8, 4) is 0 Å². The first-order valence-electron chi connectivity index (χ1n) is 6.42. The van der Waals surface area contributed by atoms with Crippen molar-refractivity contribution in [3.63, 3.8) is 0 Å². The summed E-state index contributed by atoms with van der Waals surface area (Å²) >= 11 is 0. The fraction of sp³-hybridized carbons (Fsp3) is 1.00. The van der Waals surface area contributed by atoms with Crippen LogP contribution in [0.5, 0.6) is 0 Å². The maximum absolute atomic E-state index is 6.08. The summed E-state index contributed by atoms with van der Waals surface area (Å²) in [6, 6.07) is 0.387. The SMILES string of the molecule is CCOC1(C(NN)C2CC2)CCCCC1. The lowest BCUT2D eigenvalue weighted by Gasteiger charge is -2.43. The van der Waals surface area contributed by atoms with E-state index in [0.717, 1.165) is 12.5 Å². The second-order valence-corrected chi connectivity index (χ2v) is 5.04. The van der Waals surface area contributed by atoms with E-state index >= 15 is 0 Å². The lowest BCUT2D eigenvalue weighted by atomic mass is 9.77. The minimum Gasteiger partial charge on any atom is -0.374 e. The molecule has 0 saturated heterocycles. The fourth-order valence-corrected chi connectivity index (χ4v) is 3.13. The third-order valence-corrected chi connectivity index (χ3v) is 3.97. The molecule has 88 valence electrons. The van der Waals surface area contributed by atoms with Crippen LogP contribution >= 0.6 is 0 Å². The Balaban J connectivity index is 2.07. The molecule has 0 spiro atoms. The van der Waals surface area contributed by atoms with Gasteiger partial charge >= 0.3 is 0 Å². The van der Waals surface area contributed by atoms with Crippen molar-refractivity contribution >= 4 is 0 Å². The van der Waals surface area contributed by atoms with E-state index in [1.54, 1.807) is 0 Å². The van der Waals surface area contributed by atoms with E-state index < -0.39 is 0 Å². The molecule has 2 saturated carbocycles. The standard InChI is InChI=1S/C12H24N2O/c1-2-15-12(8-4-3-5-9-12)11(14-13)10-6-7-10/h10-11,14H,2-9,13H2,1H3. The van der Waals surface area contributed by atoms with Gasteiger partial charge in [-0.1, -0.05) is 19.3 Å². The first-order valence-corrected chi connectivity index (χ1v) is 6.42. The van der Waals surface area contributed by atoms with Gasteiger partial charge in [-0.3, -0.25) is 11.3 Å². The molecule has 0 bridgehead atoms. The molecule has 1 unspecified atom stereocenters. The molecule has 2 rings (SSSR count). The van der Waals surface area contributed by atoms with Crippen molar-refractivity contribution in [2.24, 2.45) is 11.8 Å². The van der Waals surface area contributed by atoms with Gasteiger partial charge in [-0.2, -0.15) is 0 Å². The van der Waals surface area contributed by atoms with Crippen LogP contribution in [0.1, 0.15) is 51.9 Å². The van der Waals surface area contributed by atoms with E-state index in [0.29, 0.717) is 6.04 Å². The smallest absolute Gasteiger partial charge is 0.0850 e. The normalized spacial score (nSPS) is 27.6. The van der Waals surface area contributed by atoms with Crippen LogP contribution in [0.2, 0.25) is 0 Å². The third-order valence-electron chi connectivity index (χ3n) is 3.97. The number of ether oxygens (including phenoxy) is 1. The molecule has 3 heteroatoms. The fourth-order valence-electron chi connectivity index (χ4n) is 3.13. The highest BCUT2D eigenvalue weighted by molar-refractivity contribution is 5.01. The molecule has 0 aromatic carbocycles. The predicted octanol–water partition coefficient (Wildman–Crippen LogP) is 1.97. The third kappa shape index (κ3) is 2.35. The molecule has 2 aliphatic carbocycles. The monoisotopic (exact) mass is 212 g/mol. The lowest BCUT2D eigenvalue weighted by Crippen LogP contribution is -2.57. The van der Waals surface area contributed by atoms with Gasteiger partial charge in [-0.05, 0) is 38.5 Å². The van der Waals surface area contributed by atoms with E-state index in [-0.39, 0.29) is 5.60 Å². The highest BCUT2D eigenvalue weighted by Crippen LogP contribution is 2.44. The van der Waals surface area contributed by atoms with Crippen LogP contribution in [0.4, 0.5) is 0 Å². The molecule has 0 aliphatic heterocycles. The second-order valence-electron chi connectivity index (χ2n) is 5.04. The number of rotatable bonds is 5. The molecule has 1 atom stereocenters. The second kappa shape index (κ2) is 4.81. The molecule has 15 heavy (non-hydrogen) atoms. The Morgan fingerprint density at radius 1 is 1.33 bits per heavy atom. The summed E-state index contributed by atoms with van der Waals surface area (Å²) in [5.74, 6) is 6.49. The molecule has 2 aliphatic rings. The average Bonchev–Trinajstić information content (AvgIpc) is 3.05. The van der Waals surface area contributed by atoms with Gasteiger partial charge in [0.2, 0.25) is 0 Å². The zero-order valence-corrected chi connectivity index (χ0v) is 9.80. The van der Waals surface area contributed by atoms with Crippen LogP contribution in [0.15, 0.2) is 0 Å². The van der Waals surface area contributed by atoms with Gasteiger partial charge in [0.15, 0.2) is 0 Å². The van der Waals surface area contributed by atoms with Crippen molar-refractivity contribution < 1.29 is 4.74 Å². The molecule has 3 nitrogen and oxygen atoms in total. The topological polar surface area (TPSA) is 47.3 Å². The van der Waals surface area contributed by atoms with E-state index in [1.807, 2.05) is 0 Å². The number of hydrogen-bond acceptors (Lipinski definition) is 3. The molecule has 3 N–H and O–H groups in total. The van der Waals surface area contributed by atoms with Crippen LogP contribution < -0.4 is 11.3 Å². The summed E-state index contributed by atoms with van der Waals surface area (Å²) in [5.41, 5.74) is 3.08. The summed E-state index contributed by atoms with van der Waals surface area (Å²) < 4.78 is 6.08. The van der Waals surface area contributed by atoms with Crippen LogP contribution in [0.25, 0.3) is 0 Å². The number of nitrogens with one attached hydrogen (secondary N) is 1. The highest BCUT2D eigenvalue weighted by atomic mass is 16.5. The minimum atomic E-state index is 0.0446. The molecular formula is C12H24N2O. The number of nitrogens with two attached hydrogens (primary N) is 1. The van der Waals surface area contributed by atoms with Gasteiger partial charge in [0.25, 0.3) is 0 Å². The summed E-state index contributed by atoms with van der Waals surface area (Å²) in [6.07, 6.45) is 8.97. The minimum absolute atomic E-state index is 0.0446. The van der Waals surface area contributed by atoms with Gasteiger partial charge < -0.3 is 4.74 Å². The first-order chi connectivity index (χ1) is 7.32. The maximum Gasteiger partial charge on any atom is 0.0850 e. The Labute approximate surface area is 92.7 Å². The van der Waals surface area contributed by atoms with Crippen molar-refractivity contribution in [1.82, 2.24) is 5.43 Å². The molecule has 0 aromatic rings. The van der Waals surface area contributed by atoms with Crippen molar-refractivity contribution in [2.75, 3.05) is 6.61 Å². The van der Waals surface area contributed by atoms with Crippen molar-refractivity contribution in [2.45, 2.75) is 63.5 Å². The molecule has 0 amide bonds. The molecule has 0 heterocycles. The van der Waals surface area contributed by atoms with Crippen molar-refractivity contribution in [3.05, 3.63) is 0 Å². The predicted molar refractivity (Wildman–Crippen MR) is 61.3 cm³/mol. The largest absolute Gasteiger partial charge is 0.374 e. The Morgan fingerprint density at radius 2 is 2.00 bits per heavy atom. The zero-order valence-electron chi connectivity index (χ0n) is 9.80. The van der Waals surface area contributed by atoms with Gasteiger partial charge in [0, 0.05) is 6.61 Å². The Hall–Kier alpha value is -0.120. The maximum atomic E-state index is 6.08. The lowest BCUT2D eigenvalue weighted by molar-refractivity contribution is -0.0947. The highest BCUT2D eigenvalue weighted by Gasteiger charge is 2.47. The van der Waals surface area contributed by atoms with E-state index in [9.17, 15) is 0 Å². The molecule has 0 aromatic heterocycles. The molecule has 0 radical (unpaired) electrons. The van der Waals surface area contributed by atoms with Gasteiger partial charge in [0.05, 0.1) is 11.6 Å². The van der Waals surface area contributed by atoms with E-state index in [4.69, 9.17) is 10.6 Å². The van der Waals surface area contributed by atoms with Crippen molar-refractivity contribution in [1.29, 1.82) is 0 Å². The van der Waals surface area contributed by atoms with Crippen LogP contribution in [-0.2, 0) is 4.74 Å². The quantitative estimate of drug-likeness (QED) is 0.541. The van der Waals surface area contributed by atoms with E-state index in [1.165, 1.54) is 44.9 Å². The van der Waals surface area contributed by atoms with E-state index in [2.05, 4.69) is 12.3 Å². The summed E-state index contributed by atoms with van der Waals surface area (Å²) in [7, 11) is 0. The zero-order chi connectivity index (χ0) is 10.7. The number of hydrazine groups is 1. The van der Waals surface area contributed by atoms with Gasteiger partial charge in [0.1, 0.15) is 0 Å². The Kier molecular flexibility index (Phi) is 3.65. The first kappa shape index (κ1) is 11.4. The molecule has 2 fully saturated rings. The summed E-state index contributed by atoms with van der Waals surface area (Å²) in [5, 5.41) is 0. The Morgan fingerprint density at radius 3 is 2.47 bits per heavy atom. The molecular weight excluding hydrogens is 188 g/mol. The average molecular weight is 212 g/mol. The number of hydrogen-bond donors (Lipinski definition) is 2. The van der Waals surface area contributed by atoms with Crippen LogP contribution in [0.3, 0.4) is 0 Å². The van der Waals surface area contributed by atoms with Gasteiger partial charge in [-0.15, -0.1) is 0 Å². The van der Waals surface area contributed by atoms with Gasteiger partial charge in [-0.25, -0.2) is 0 Å². The Bertz CT molecular complexity index is 192. The summed E-state index contributed by atoms with van der Waals surface area (Å²) in [6.45, 7) is 2.90. The van der Waals surface area contributed by atoms with Crippen LogP contribution in [0, 0.1) is 5.92 Å². The van der Waals surface area contributed by atoms with Crippen LogP contribution in [-0.4, -0.2) is 18.2 Å². The summed E-state index contributed by atoms with van der Waals surface area (Å²) in [4.78, 5) is 0.